The Bertz CT molecular complexity index is 381. The zero-order valence-corrected chi connectivity index (χ0v) is 11.4. The van der Waals surface area contributed by atoms with Crippen molar-refractivity contribution < 1.29 is 0 Å². The van der Waals surface area contributed by atoms with Gasteiger partial charge in [-0.15, -0.1) is 0 Å². The fourth-order valence-electron chi connectivity index (χ4n) is 2.24. The molecule has 0 spiro atoms. The van der Waals surface area contributed by atoms with Crippen LogP contribution in [0.25, 0.3) is 0 Å². The molecule has 88 valence electrons. The molecule has 0 aliphatic carbocycles. The van der Waals surface area contributed by atoms with Crippen molar-refractivity contribution in [1.82, 2.24) is 4.98 Å². The minimum atomic E-state index is 0.350. The van der Waals surface area contributed by atoms with Gasteiger partial charge in [-0.1, -0.05) is 0 Å². The Morgan fingerprint density at radius 3 is 2.88 bits per heavy atom. The largest absolute Gasteiger partial charge is 0.354 e. The Morgan fingerprint density at radius 2 is 2.25 bits per heavy atom. The number of nitrogens with zero attached hydrogens (tertiary/aromatic N) is 2. The summed E-state index contributed by atoms with van der Waals surface area (Å²) in [5, 5.41) is 0. The van der Waals surface area contributed by atoms with E-state index in [1.54, 1.807) is 0 Å². The van der Waals surface area contributed by atoms with Gasteiger partial charge in [0.1, 0.15) is 5.82 Å². The number of halogens is 1. The van der Waals surface area contributed by atoms with Crippen LogP contribution in [0.15, 0.2) is 16.6 Å². The van der Waals surface area contributed by atoms with Crippen LogP contribution in [-0.2, 0) is 0 Å². The molecule has 0 amide bonds. The van der Waals surface area contributed by atoms with E-state index in [9.17, 15) is 0 Å². The Morgan fingerprint density at radius 1 is 1.50 bits per heavy atom. The van der Waals surface area contributed by atoms with Crippen molar-refractivity contribution in [2.45, 2.75) is 38.8 Å². The van der Waals surface area contributed by atoms with Crippen molar-refractivity contribution in [2.24, 2.45) is 5.73 Å². The van der Waals surface area contributed by atoms with Crippen LogP contribution in [0.1, 0.15) is 25.5 Å². The summed E-state index contributed by atoms with van der Waals surface area (Å²) in [7, 11) is 0. The third kappa shape index (κ3) is 2.38. The maximum atomic E-state index is 5.96. The van der Waals surface area contributed by atoms with E-state index in [-0.39, 0.29) is 0 Å². The summed E-state index contributed by atoms with van der Waals surface area (Å²) in [6, 6.07) is 4.98. The Labute approximate surface area is 105 Å². The highest BCUT2D eigenvalue weighted by atomic mass is 79.9. The monoisotopic (exact) mass is 283 g/mol. The van der Waals surface area contributed by atoms with Gasteiger partial charge in [-0.3, -0.25) is 0 Å². The number of nitrogens with two attached hydrogens (primary N) is 1. The van der Waals surface area contributed by atoms with Gasteiger partial charge in [-0.05, 0) is 54.8 Å². The summed E-state index contributed by atoms with van der Waals surface area (Å²) in [5.41, 5.74) is 7.01. The van der Waals surface area contributed by atoms with Gasteiger partial charge in [0.2, 0.25) is 0 Å². The van der Waals surface area contributed by atoms with Crippen LogP contribution < -0.4 is 10.6 Å². The van der Waals surface area contributed by atoms with E-state index in [1.807, 2.05) is 6.92 Å². The summed E-state index contributed by atoms with van der Waals surface area (Å²) in [6.07, 6.45) is 2.11. The minimum Gasteiger partial charge on any atom is -0.354 e. The highest BCUT2D eigenvalue weighted by molar-refractivity contribution is 9.10. The first-order chi connectivity index (χ1) is 7.58. The predicted molar refractivity (Wildman–Crippen MR) is 70.7 cm³/mol. The molecule has 2 unspecified atom stereocenters. The first-order valence-electron chi connectivity index (χ1n) is 5.73. The van der Waals surface area contributed by atoms with Gasteiger partial charge in [-0.25, -0.2) is 4.98 Å². The molecule has 0 radical (unpaired) electrons. The number of hydrogen-bond acceptors (Lipinski definition) is 3. The molecule has 1 aliphatic heterocycles. The number of pyridine rings is 1. The van der Waals surface area contributed by atoms with Crippen molar-refractivity contribution in [3.8, 4) is 0 Å². The van der Waals surface area contributed by atoms with Crippen LogP contribution in [0.4, 0.5) is 5.82 Å². The molecule has 0 bridgehead atoms. The second-order valence-corrected chi connectivity index (χ2v) is 5.42. The summed E-state index contributed by atoms with van der Waals surface area (Å²) in [5.74, 6) is 1.07. The standard InChI is InChI=1S/C12H18BrN3/c1-8-7-10(14)5-6-16(8)12-4-3-11(13)9(2)15-12/h3-4,8,10H,5-7,14H2,1-2H3. The lowest BCUT2D eigenvalue weighted by atomic mass is 9.99. The van der Waals surface area contributed by atoms with Gasteiger partial charge < -0.3 is 10.6 Å². The van der Waals surface area contributed by atoms with Crippen LogP contribution in [0.3, 0.4) is 0 Å². The number of piperidine rings is 1. The first-order valence-corrected chi connectivity index (χ1v) is 6.52. The molecule has 16 heavy (non-hydrogen) atoms. The van der Waals surface area contributed by atoms with Crippen molar-refractivity contribution in [3.05, 3.63) is 22.3 Å². The number of hydrogen-bond donors (Lipinski definition) is 1. The second kappa shape index (κ2) is 4.72. The molecule has 1 aliphatic rings. The molecule has 2 heterocycles. The summed E-state index contributed by atoms with van der Waals surface area (Å²) in [6.45, 7) is 5.25. The Balaban J connectivity index is 2.20. The SMILES string of the molecule is Cc1nc(N2CCC(N)CC2C)ccc1Br. The highest BCUT2D eigenvalue weighted by Gasteiger charge is 2.24. The lowest BCUT2D eigenvalue weighted by Gasteiger charge is -2.37. The van der Waals surface area contributed by atoms with E-state index < -0.39 is 0 Å². The molecule has 0 aromatic carbocycles. The fraction of sp³-hybridized carbons (Fsp3) is 0.583. The van der Waals surface area contributed by atoms with Crippen LogP contribution in [-0.4, -0.2) is 23.6 Å². The molecule has 2 atom stereocenters. The predicted octanol–water partition coefficient (Wildman–Crippen LogP) is 2.47. The molecule has 1 aromatic heterocycles. The lowest BCUT2D eigenvalue weighted by Crippen LogP contribution is -2.46. The summed E-state index contributed by atoms with van der Waals surface area (Å²) >= 11 is 3.48. The molecule has 2 N–H and O–H groups in total. The lowest BCUT2D eigenvalue weighted by molar-refractivity contribution is 0.427. The maximum absolute atomic E-state index is 5.96. The molecule has 4 heteroatoms. The van der Waals surface area contributed by atoms with Crippen LogP contribution in [0.2, 0.25) is 0 Å². The van der Waals surface area contributed by atoms with Gasteiger partial charge in [0.05, 0.1) is 5.69 Å². The number of anilines is 1. The first kappa shape index (κ1) is 11.9. The molecule has 1 aromatic rings. The Hall–Kier alpha value is -0.610. The maximum Gasteiger partial charge on any atom is 0.129 e. The molecule has 3 nitrogen and oxygen atoms in total. The summed E-state index contributed by atoms with van der Waals surface area (Å²) in [4.78, 5) is 6.96. The average molecular weight is 284 g/mol. The highest BCUT2D eigenvalue weighted by Crippen LogP contribution is 2.25. The van der Waals surface area contributed by atoms with Gasteiger partial charge in [0, 0.05) is 23.1 Å². The molecule has 2 rings (SSSR count). The Kier molecular flexibility index (Phi) is 3.50. The van der Waals surface area contributed by atoms with Crippen LogP contribution in [0, 0.1) is 6.92 Å². The third-order valence-electron chi connectivity index (χ3n) is 3.22. The van der Waals surface area contributed by atoms with Crippen LogP contribution >= 0.6 is 15.9 Å². The molecule has 1 fully saturated rings. The second-order valence-electron chi connectivity index (χ2n) is 4.56. The van der Waals surface area contributed by atoms with E-state index in [4.69, 9.17) is 5.73 Å². The van der Waals surface area contributed by atoms with Gasteiger partial charge in [0.25, 0.3) is 0 Å². The van der Waals surface area contributed by atoms with Crippen LogP contribution in [0.5, 0.6) is 0 Å². The minimum absolute atomic E-state index is 0.350. The van der Waals surface area contributed by atoms with Crippen molar-refractivity contribution in [3.63, 3.8) is 0 Å². The molecule has 0 saturated carbocycles. The van der Waals surface area contributed by atoms with E-state index in [0.29, 0.717) is 12.1 Å². The number of aryl methyl sites for hydroxylation is 1. The zero-order chi connectivity index (χ0) is 11.7. The molecular formula is C12H18BrN3. The number of rotatable bonds is 1. The molecular weight excluding hydrogens is 266 g/mol. The van der Waals surface area contributed by atoms with Crippen molar-refractivity contribution in [1.29, 1.82) is 0 Å². The topological polar surface area (TPSA) is 42.2 Å². The van der Waals surface area contributed by atoms with Gasteiger partial charge in [-0.2, -0.15) is 0 Å². The van der Waals surface area contributed by atoms with Crippen molar-refractivity contribution >= 4 is 21.7 Å². The van der Waals surface area contributed by atoms with E-state index >= 15 is 0 Å². The van der Waals surface area contributed by atoms with E-state index in [0.717, 1.165) is 35.4 Å². The normalized spacial score (nSPS) is 25.9. The van der Waals surface area contributed by atoms with Gasteiger partial charge in [0.15, 0.2) is 0 Å². The summed E-state index contributed by atoms with van der Waals surface area (Å²) < 4.78 is 1.07. The van der Waals surface area contributed by atoms with Gasteiger partial charge >= 0.3 is 0 Å². The smallest absolute Gasteiger partial charge is 0.129 e. The molecule has 1 saturated heterocycles. The van der Waals surface area contributed by atoms with E-state index in [2.05, 4.69) is 44.9 Å². The van der Waals surface area contributed by atoms with E-state index in [1.165, 1.54) is 0 Å². The average Bonchev–Trinajstić information content (AvgIpc) is 2.22. The fourth-order valence-corrected chi connectivity index (χ4v) is 2.46. The number of aromatic nitrogens is 1. The quantitative estimate of drug-likeness (QED) is 0.861. The third-order valence-corrected chi connectivity index (χ3v) is 4.06. The zero-order valence-electron chi connectivity index (χ0n) is 9.78. The van der Waals surface area contributed by atoms with Crippen molar-refractivity contribution in [2.75, 3.05) is 11.4 Å².